The first-order chi connectivity index (χ1) is 16.3. The highest BCUT2D eigenvalue weighted by molar-refractivity contribution is 5.94. The highest BCUT2D eigenvalue weighted by atomic mass is 16.1. The molecule has 1 aliphatic carbocycles. The van der Waals surface area contributed by atoms with Gasteiger partial charge in [-0.25, -0.2) is 0 Å². The predicted octanol–water partition coefficient (Wildman–Crippen LogP) is 4.78. The van der Waals surface area contributed by atoms with Crippen LogP contribution < -0.4 is 11.1 Å². The fraction of sp³-hybridized carbons (Fsp3) is 0.448. The van der Waals surface area contributed by atoms with Crippen LogP contribution in [0.3, 0.4) is 0 Å². The molecule has 2 heterocycles. The number of Topliss-reactive ketones (excluding diaryl/α,β-unsaturated/α-hetero) is 1. The number of aliphatic imine (C=N–C) groups is 1. The van der Waals surface area contributed by atoms with Gasteiger partial charge in [-0.15, -0.1) is 0 Å². The van der Waals surface area contributed by atoms with Crippen LogP contribution in [0, 0.1) is 5.92 Å². The van der Waals surface area contributed by atoms with E-state index in [1.807, 2.05) is 31.5 Å². The second kappa shape index (κ2) is 12.0. The number of amidine groups is 1. The van der Waals surface area contributed by atoms with Crippen molar-refractivity contribution in [2.75, 3.05) is 26.7 Å². The van der Waals surface area contributed by atoms with Gasteiger partial charge in [-0.1, -0.05) is 42.0 Å². The van der Waals surface area contributed by atoms with Gasteiger partial charge in [0.05, 0.1) is 6.54 Å². The third kappa shape index (κ3) is 6.57. The summed E-state index contributed by atoms with van der Waals surface area (Å²) in [5.74, 6) is 1.41. The summed E-state index contributed by atoms with van der Waals surface area (Å²) < 4.78 is 0. The third-order valence-corrected chi connectivity index (χ3v) is 7.29. The molecule has 5 heteroatoms. The number of dihydropyridines is 1. The van der Waals surface area contributed by atoms with Crippen molar-refractivity contribution in [1.82, 2.24) is 10.2 Å². The molecule has 1 unspecified atom stereocenters. The molecule has 0 spiro atoms. The number of carbonyl (C=O) groups excluding carboxylic acids is 1. The molecule has 0 amide bonds. The van der Waals surface area contributed by atoms with Gasteiger partial charge in [0.1, 0.15) is 5.84 Å². The largest absolute Gasteiger partial charge is 0.394 e. The van der Waals surface area contributed by atoms with Crippen LogP contribution in [0.25, 0.3) is 0 Å². The molecule has 0 saturated carbocycles. The highest BCUT2D eigenvalue weighted by Gasteiger charge is 2.26. The maximum Gasteiger partial charge on any atom is 0.155 e. The highest BCUT2D eigenvalue weighted by Crippen LogP contribution is 2.33. The Morgan fingerprint density at radius 3 is 2.53 bits per heavy atom. The molecule has 34 heavy (non-hydrogen) atoms. The molecule has 1 atom stereocenters. The van der Waals surface area contributed by atoms with Crippen molar-refractivity contribution in [1.29, 1.82) is 0 Å². The standard InChI is InChI=1S/C29H40N4O/c1-20(18-21(2)28(12-15-31-5)27-10-11-29(30)32-19-27)22(3)33-16-13-26(14-17-33)25-8-6-24(7-9-25)23(4)34/h6,8,10-12,15,18,22,26,31H,2,7,9,13-14,16-17,19H2,1,3-5H3,(H2,30,32)/b15-12-,20-18+,28-27+. The lowest BCUT2D eigenvalue weighted by Gasteiger charge is -2.38. The zero-order valence-corrected chi connectivity index (χ0v) is 21.2. The van der Waals surface area contributed by atoms with E-state index in [9.17, 15) is 4.79 Å². The maximum atomic E-state index is 11.6. The number of piperidine rings is 1. The minimum Gasteiger partial charge on any atom is -0.394 e. The van der Waals surface area contributed by atoms with Crippen LogP contribution >= 0.6 is 0 Å². The lowest BCUT2D eigenvalue weighted by molar-refractivity contribution is -0.113. The van der Waals surface area contributed by atoms with Crippen molar-refractivity contribution in [3.05, 3.63) is 82.7 Å². The first kappa shape index (κ1) is 25.7. The van der Waals surface area contributed by atoms with E-state index in [2.05, 4.69) is 53.9 Å². The van der Waals surface area contributed by atoms with Crippen molar-refractivity contribution in [3.8, 4) is 0 Å². The molecule has 0 bridgehead atoms. The van der Waals surface area contributed by atoms with Gasteiger partial charge in [0.25, 0.3) is 0 Å². The number of hydrogen-bond donors (Lipinski definition) is 2. The Balaban J connectivity index is 1.64. The Morgan fingerprint density at radius 1 is 1.24 bits per heavy atom. The molecule has 0 aromatic carbocycles. The van der Waals surface area contributed by atoms with Gasteiger partial charge in [0.15, 0.2) is 5.78 Å². The molecule has 0 aromatic heterocycles. The van der Waals surface area contributed by atoms with Crippen molar-refractivity contribution >= 4 is 11.6 Å². The lowest BCUT2D eigenvalue weighted by Crippen LogP contribution is -2.41. The SMILES string of the molecule is C=C(/C=C(\C)C(C)N1CCC(C2=CC=C(C(C)=O)CC2)CC1)C(/C=C\NC)=C1\C=CC(N)=NC1. The summed E-state index contributed by atoms with van der Waals surface area (Å²) in [6, 6.07) is 0.359. The number of carbonyl (C=O) groups is 1. The van der Waals surface area contributed by atoms with Crippen molar-refractivity contribution in [2.24, 2.45) is 16.6 Å². The van der Waals surface area contributed by atoms with Gasteiger partial charge in [-0.05, 0) is 106 Å². The average Bonchev–Trinajstić information content (AvgIpc) is 2.85. The number of nitrogens with one attached hydrogen (secondary N) is 1. The van der Waals surface area contributed by atoms with E-state index >= 15 is 0 Å². The molecule has 1 fully saturated rings. The first-order valence-corrected chi connectivity index (χ1v) is 12.4. The summed E-state index contributed by atoms with van der Waals surface area (Å²) in [6.07, 6.45) is 18.6. The van der Waals surface area contributed by atoms with E-state index in [1.165, 1.54) is 24.0 Å². The van der Waals surface area contributed by atoms with Gasteiger partial charge >= 0.3 is 0 Å². The topological polar surface area (TPSA) is 70.7 Å². The molecule has 182 valence electrons. The Hall–Kier alpha value is -2.92. The van der Waals surface area contributed by atoms with Crippen LogP contribution in [-0.2, 0) is 4.79 Å². The summed E-state index contributed by atoms with van der Waals surface area (Å²) in [5.41, 5.74) is 12.8. The first-order valence-electron chi connectivity index (χ1n) is 12.4. The van der Waals surface area contributed by atoms with Crippen molar-refractivity contribution in [3.63, 3.8) is 0 Å². The van der Waals surface area contributed by atoms with Gasteiger partial charge in [0.2, 0.25) is 0 Å². The van der Waals surface area contributed by atoms with Gasteiger partial charge in [-0.2, -0.15) is 0 Å². The van der Waals surface area contributed by atoms with Gasteiger partial charge < -0.3 is 11.1 Å². The Labute approximate surface area is 205 Å². The van der Waals surface area contributed by atoms with Gasteiger partial charge in [0, 0.05) is 13.1 Å². The second-order valence-corrected chi connectivity index (χ2v) is 9.52. The van der Waals surface area contributed by atoms with Crippen LogP contribution in [0.4, 0.5) is 0 Å². The second-order valence-electron chi connectivity index (χ2n) is 9.52. The van der Waals surface area contributed by atoms with E-state index < -0.39 is 0 Å². The number of nitrogens with zero attached hydrogens (tertiary/aromatic N) is 2. The summed E-state index contributed by atoms with van der Waals surface area (Å²) in [5, 5.41) is 3.07. The van der Waals surface area contributed by atoms with Crippen LogP contribution in [0.1, 0.15) is 46.5 Å². The molecule has 0 aromatic rings. The van der Waals surface area contributed by atoms with Crippen molar-refractivity contribution < 1.29 is 4.79 Å². The fourth-order valence-corrected chi connectivity index (χ4v) is 4.94. The summed E-state index contributed by atoms with van der Waals surface area (Å²) in [4.78, 5) is 18.5. The van der Waals surface area contributed by atoms with E-state index in [-0.39, 0.29) is 5.78 Å². The Kier molecular flexibility index (Phi) is 9.05. The number of hydrogen-bond acceptors (Lipinski definition) is 5. The van der Waals surface area contributed by atoms with Crippen LogP contribution in [0.2, 0.25) is 0 Å². The van der Waals surface area contributed by atoms with Crippen LogP contribution in [-0.4, -0.2) is 49.2 Å². The molecule has 3 N–H and O–H groups in total. The molecular formula is C29H40N4O. The molecule has 3 aliphatic rings. The number of ketones is 1. The van der Waals surface area contributed by atoms with E-state index in [1.54, 1.807) is 6.92 Å². The van der Waals surface area contributed by atoms with E-state index in [0.717, 1.165) is 48.2 Å². The molecule has 2 aliphatic heterocycles. The predicted molar refractivity (Wildman–Crippen MR) is 144 cm³/mol. The summed E-state index contributed by atoms with van der Waals surface area (Å²) >= 11 is 0. The number of rotatable bonds is 8. The molecule has 3 rings (SSSR count). The van der Waals surface area contributed by atoms with Gasteiger partial charge in [-0.3, -0.25) is 14.7 Å². The number of allylic oxidation sites excluding steroid dienone is 8. The quantitative estimate of drug-likeness (QED) is 0.511. The van der Waals surface area contributed by atoms with Crippen LogP contribution in [0.15, 0.2) is 87.7 Å². The third-order valence-electron chi connectivity index (χ3n) is 7.29. The van der Waals surface area contributed by atoms with Crippen LogP contribution in [0.5, 0.6) is 0 Å². The monoisotopic (exact) mass is 460 g/mol. The summed E-state index contributed by atoms with van der Waals surface area (Å²) in [7, 11) is 1.89. The zero-order valence-electron chi connectivity index (χ0n) is 21.2. The minimum atomic E-state index is 0.208. The Bertz CT molecular complexity index is 1010. The summed E-state index contributed by atoms with van der Waals surface area (Å²) in [6.45, 7) is 13.3. The zero-order chi connectivity index (χ0) is 24.7. The number of likely N-dealkylation sites (tertiary alicyclic amines) is 1. The lowest BCUT2D eigenvalue weighted by atomic mass is 9.82. The Morgan fingerprint density at radius 2 is 1.97 bits per heavy atom. The molecule has 0 radical (unpaired) electrons. The fourth-order valence-electron chi connectivity index (χ4n) is 4.94. The minimum absolute atomic E-state index is 0.208. The normalized spacial score (nSPS) is 22.7. The maximum absolute atomic E-state index is 11.6. The smallest absolute Gasteiger partial charge is 0.155 e. The number of nitrogens with two attached hydrogens (primary N) is 1. The van der Waals surface area contributed by atoms with Crippen molar-refractivity contribution in [2.45, 2.75) is 52.5 Å². The average molecular weight is 461 g/mol. The molecule has 5 nitrogen and oxygen atoms in total. The molecular weight excluding hydrogens is 420 g/mol. The molecule has 1 saturated heterocycles. The van der Waals surface area contributed by atoms with E-state index in [0.29, 0.717) is 24.3 Å². The van der Waals surface area contributed by atoms with E-state index in [4.69, 9.17) is 5.73 Å².